The zero-order chi connectivity index (χ0) is 14.6. The Labute approximate surface area is 109 Å². The van der Waals surface area contributed by atoms with Crippen molar-refractivity contribution < 1.29 is 29.6 Å². The topological polar surface area (TPSA) is 130 Å². The van der Waals surface area contributed by atoms with Crippen LogP contribution in [0.25, 0.3) is 0 Å². The van der Waals surface area contributed by atoms with Crippen LogP contribution in [0.3, 0.4) is 0 Å². The minimum Gasteiger partial charge on any atom is -0.478 e. The lowest BCUT2D eigenvalue weighted by atomic mass is 9.95. The maximum atomic E-state index is 11.0. The molecule has 1 aromatic carbocycles. The van der Waals surface area contributed by atoms with E-state index in [1.165, 1.54) is 18.2 Å². The first kappa shape index (κ1) is 14.9. The third-order valence-corrected chi connectivity index (χ3v) is 2.63. The lowest BCUT2D eigenvalue weighted by Gasteiger charge is -2.20. The van der Waals surface area contributed by atoms with Crippen LogP contribution in [0.2, 0.25) is 0 Å². The summed E-state index contributed by atoms with van der Waals surface area (Å²) in [5.41, 5.74) is 5.29. The van der Waals surface area contributed by atoms with Crippen molar-refractivity contribution in [2.45, 2.75) is 18.6 Å². The van der Waals surface area contributed by atoms with E-state index in [1.807, 2.05) is 0 Å². The Kier molecular flexibility index (Phi) is 4.85. The Hall–Kier alpha value is -2.12. The minimum atomic E-state index is -1.59. The van der Waals surface area contributed by atoms with E-state index >= 15 is 0 Å². The average molecular weight is 269 g/mol. The molecular formula is C12H15NO6. The van der Waals surface area contributed by atoms with E-state index in [1.54, 1.807) is 0 Å². The number of nitrogen functional groups attached to an aromatic ring is 1. The molecule has 0 bridgehead atoms. The van der Waals surface area contributed by atoms with E-state index in [4.69, 9.17) is 10.8 Å². The molecule has 19 heavy (non-hydrogen) atoms. The molecule has 7 nitrogen and oxygen atoms in total. The van der Waals surface area contributed by atoms with Crippen LogP contribution in [0.5, 0.6) is 0 Å². The number of anilines is 1. The number of nitrogens with two attached hydrogens (primary N) is 1. The molecule has 0 amide bonds. The fourth-order valence-electron chi connectivity index (χ4n) is 1.66. The normalized spacial score (nSPS) is 13.6. The van der Waals surface area contributed by atoms with Gasteiger partial charge in [0.1, 0.15) is 6.10 Å². The summed E-state index contributed by atoms with van der Waals surface area (Å²) in [5.74, 6) is -2.01. The molecule has 0 aromatic heterocycles. The first-order chi connectivity index (χ1) is 8.88. The smallest absolute Gasteiger partial charge is 0.336 e. The van der Waals surface area contributed by atoms with Gasteiger partial charge < -0.3 is 25.8 Å². The van der Waals surface area contributed by atoms with Gasteiger partial charge in [-0.2, -0.15) is 0 Å². The molecule has 2 unspecified atom stereocenters. The molecule has 0 radical (unpaired) electrons. The van der Waals surface area contributed by atoms with Crippen molar-refractivity contribution in [1.82, 2.24) is 0 Å². The fourth-order valence-corrected chi connectivity index (χ4v) is 1.66. The molecule has 5 N–H and O–H groups in total. The molecule has 0 aliphatic carbocycles. The second-order valence-corrected chi connectivity index (χ2v) is 3.91. The van der Waals surface area contributed by atoms with Gasteiger partial charge in [-0.05, 0) is 12.1 Å². The number of methoxy groups -OCH3 is 1. The summed E-state index contributed by atoms with van der Waals surface area (Å²) in [6.07, 6.45) is -3.56. The van der Waals surface area contributed by atoms with E-state index in [2.05, 4.69) is 4.74 Å². The van der Waals surface area contributed by atoms with Crippen LogP contribution >= 0.6 is 0 Å². The number of carboxylic acid groups (broad SMARTS) is 1. The van der Waals surface area contributed by atoms with E-state index in [0.29, 0.717) is 0 Å². The van der Waals surface area contributed by atoms with Crippen LogP contribution in [0, 0.1) is 0 Å². The summed E-state index contributed by atoms with van der Waals surface area (Å²) in [4.78, 5) is 22.1. The number of esters is 1. The quantitative estimate of drug-likeness (QED) is 0.434. The maximum Gasteiger partial charge on any atom is 0.336 e. The molecule has 0 aliphatic rings. The zero-order valence-corrected chi connectivity index (χ0v) is 10.2. The van der Waals surface area contributed by atoms with Crippen molar-refractivity contribution in [3.8, 4) is 0 Å². The number of benzene rings is 1. The Balaban J connectivity index is 3.08. The highest BCUT2D eigenvalue weighted by molar-refractivity contribution is 5.91. The average Bonchev–Trinajstić information content (AvgIpc) is 2.37. The van der Waals surface area contributed by atoms with E-state index < -0.39 is 30.6 Å². The number of aliphatic hydroxyl groups is 2. The van der Waals surface area contributed by atoms with Crippen LogP contribution in [0.4, 0.5) is 5.69 Å². The van der Waals surface area contributed by atoms with Crippen molar-refractivity contribution in [3.05, 3.63) is 29.3 Å². The summed E-state index contributed by atoms with van der Waals surface area (Å²) in [5, 5.41) is 28.7. The number of rotatable bonds is 5. The molecule has 7 heteroatoms. The second kappa shape index (κ2) is 6.17. The highest BCUT2D eigenvalue weighted by atomic mass is 16.5. The van der Waals surface area contributed by atoms with Crippen molar-refractivity contribution in [2.24, 2.45) is 0 Å². The van der Waals surface area contributed by atoms with Crippen LogP contribution in [-0.4, -0.2) is 40.5 Å². The lowest BCUT2D eigenvalue weighted by Crippen LogP contribution is -2.25. The fraction of sp³-hybridized carbons (Fsp3) is 0.333. The molecule has 2 atom stereocenters. The van der Waals surface area contributed by atoms with Crippen molar-refractivity contribution in [2.75, 3.05) is 12.8 Å². The van der Waals surface area contributed by atoms with E-state index in [0.717, 1.165) is 7.11 Å². The maximum absolute atomic E-state index is 11.0. The predicted molar refractivity (Wildman–Crippen MR) is 65.4 cm³/mol. The standard InChI is InChI=1S/C12H15NO6/c1-19-9(15)5-8(14)11(16)10-6(12(17)18)3-2-4-7(10)13/h2-4,8,11,14,16H,5,13H2,1H3,(H,17,18). The third-order valence-electron chi connectivity index (χ3n) is 2.63. The molecule has 0 fully saturated rings. The third kappa shape index (κ3) is 3.43. The lowest BCUT2D eigenvalue weighted by molar-refractivity contribution is -0.144. The Morgan fingerprint density at radius 2 is 2.00 bits per heavy atom. The van der Waals surface area contributed by atoms with E-state index in [9.17, 15) is 19.8 Å². The van der Waals surface area contributed by atoms with Crippen molar-refractivity contribution in [1.29, 1.82) is 0 Å². The van der Waals surface area contributed by atoms with Crippen LogP contribution in [0.15, 0.2) is 18.2 Å². The van der Waals surface area contributed by atoms with Gasteiger partial charge >= 0.3 is 11.9 Å². The number of ether oxygens (including phenoxy) is 1. The van der Waals surface area contributed by atoms with Gasteiger partial charge in [0.05, 0.1) is 25.2 Å². The van der Waals surface area contributed by atoms with Gasteiger partial charge in [0.25, 0.3) is 0 Å². The van der Waals surface area contributed by atoms with Gasteiger partial charge in [0, 0.05) is 11.3 Å². The summed E-state index contributed by atoms with van der Waals surface area (Å²) in [6.45, 7) is 0. The second-order valence-electron chi connectivity index (χ2n) is 3.91. The number of aromatic carboxylic acids is 1. The molecule has 0 aliphatic heterocycles. The zero-order valence-electron chi connectivity index (χ0n) is 10.2. The predicted octanol–water partition coefficient (Wildman–Crippen LogP) is -0.0756. The SMILES string of the molecule is COC(=O)CC(O)C(O)c1c(N)cccc1C(=O)O. The molecule has 0 saturated carbocycles. The van der Waals surface area contributed by atoms with E-state index in [-0.39, 0.29) is 16.8 Å². The molecule has 0 heterocycles. The number of hydrogen-bond donors (Lipinski definition) is 4. The number of carbonyl (C=O) groups excluding carboxylic acids is 1. The van der Waals surface area contributed by atoms with Crippen LogP contribution in [0.1, 0.15) is 28.4 Å². The van der Waals surface area contributed by atoms with Gasteiger partial charge in [0.15, 0.2) is 0 Å². The summed E-state index contributed by atoms with van der Waals surface area (Å²) in [7, 11) is 1.14. The number of aliphatic hydroxyl groups excluding tert-OH is 2. The minimum absolute atomic E-state index is 0.0244. The number of hydrogen-bond acceptors (Lipinski definition) is 6. The highest BCUT2D eigenvalue weighted by Crippen LogP contribution is 2.28. The molecule has 104 valence electrons. The molecule has 1 aromatic rings. The van der Waals surface area contributed by atoms with Gasteiger partial charge in [-0.3, -0.25) is 4.79 Å². The van der Waals surface area contributed by atoms with Gasteiger partial charge in [-0.1, -0.05) is 6.07 Å². The van der Waals surface area contributed by atoms with Crippen molar-refractivity contribution in [3.63, 3.8) is 0 Å². The van der Waals surface area contributed by atoms with Gasteiger partial charge in [-0.15, -0.1) is 0 Å². The summed E-state index contributed by atoms with van der Waals surface area (Å²) >= 11 is 0. The Morgan fingerprint density at radius 3 is 2.53 bits per heavy atom. The molecule has 0 saturated heterocycles. The Bertz CT molecular complexity index is 487. The van der Waals surface area contributed by atoms with Gasteiger partial charge in [0.2, 0.25) is 0 Å². The number of carbonyl (C=O) groups is 2. The molecule has 1 rings (SSSR count). The van der Waals surface area contributed by atoms with Gasteiger partial charge in [-0.25, -0.2) is 4.79 Å². The Morgan fingerprint density at radius 1 is 1.37 bits per heavy atom. The summed E-state index contributed by atoms with van der Waals surface area (Å²) < 4.78 is 4.36. The molecular weight excluding hydrogens is 254 g/mol. The van der Waals surface area contributed by atoms with Crippen LogP contribution in [-0.2, 0) is 9.53 Å². The largest absolute Gasteiger partial charge is 0.478 e. The highest BCUT2D eigenvalue weighted by Gasteiger charge is 2.27. The number of carboxylic acids is 1. The monoisotopic (exact) mass is 269 g/mol. The molecule has 0 spiro atoms. The first-order valence-corrected chi connectivity index (χ1v) is 5.43. The van der Waals surface area contributed by atoms with Crippen LogP contribution < -0.4 is 5.73 Å². The van der Waals surface area contributed by atoms with Crippen molar-refractivity contribution >= 4 is 17.6 Å². The first-order valence-electron chi connectivity index (χ1n) is 5.43. The summed E-state index contributed by atoms with van der Waals surface area (Å²) in [6, 6.07) is 4.07.